The quantitative estimate of drug-likeness (QED) is 0.458. The van der Waals surface area contributed by atoms with Crippen LogP contribution in [0.3, 0.4) is 0 Å². The maximum atomic E-state index is 14.9. The van der Waals surface area contributed by atoms with Crippen molar-refractivity contribution >= 4 is 0 Å². The molecule has 2 aromatic rings. The number of benzene rings is 2. The molecule has 0 spiro atoms. The van der Waals surface area contributed by atoms with E-state index in [-0.39, 0.29) is 29.5 Å². The van der Waals surface area contributed by atoms with Crippen molar-refractivity contribution in [1.82, 2.24) is 0 Å². The number of hydrogen-bond donors (Lipinski definition) is 0. The first-order valence-electron chi connectivity index (χ1n) is 10.0. The van der Waals surface area contributed by atoms with Crippen LogP contribution in [0.2, 0.25) is 0 Å². The Morgan fingerprint density at radius 2 is 1.69 bits per heavy atom. The second kappa shape index (κ2) is 8.72. The molecule has 1 aliphatic rings. The minimum Gasteiger partial charge on any atom is -0.494 e. The van der Waals surface area contributed by atoms with Gasteiger partial charge in [0.05, 0.1) is 12.5 Å². The van der Waals surface area contributed by atoms with Gasteiger partial charge in [-0.1, -0.05) is 31.5 Å². The summed E-state index contributed by atoms with van der Waals surface area (Å²) in [6.07, 6.45) is 0.588. The highest BCUT2D eigenvalue weighted by Crippen LogP contribution is 2.51. The van der Waals surface area contributed by atoms with Gasteiger partial charge in [-0.15, -0.1) is 0 Å². The average Bonchev–Trinajstić information content (AvgIpc) is 2.66. The number of rotatable bonds is 6. The Balaban J connectivity index is 1.83. The Morgan fingerprint density at radius 1 is 0.966 bits per heavy atom. The molecule has 2 atom stereocenters. The van der Waals surface area contributed by atoms with Crippen LogP contribution < -0.4 is 4.74 Å². The van der Waals surface area contributed by atoms with Crippen LogP contribution in [0.5, 0.6) is 5.75 Å². The van der Waals surface area contributed by atoms with E-state index in [0.29, 0.717) is 25.2 Å². The van der Waals surface area contributed by atoms with Gasteiger partial charge in [0, 0.05) is 12.5 Å². The molecule has 0 bridgehead atoms. The van der Waals surface area contributed by atoms with Crippen LogP contribution in [0, 0.1) is 17.5 Å². The summed E-state index contributed by atoms with van der Waals surface area (Å²) in [4.78, 5) is 0. The summed E-state index contributed by atoms with van der Waals surface area (Å²) < 4.78 is 78.4. The predicted molar refractivity (Wildman–Crippen MR) is 102 cm³/mol. The zero-order chi connectivity index (χ0) is 21.2. The fourth-order valence-corrected chi connectivity index (χ4v) is 4.23. The number of ether oxygens (including phenoxy) is 1. The van der Waals surface area contributed by atoms with Crippen molar-refractivity contribution in [1.29, 1.82) is 0 Å². The first-order chi connectivity index (χ1) is 13.8. The molecule has 0 radical (unpaired) electrons. The smallest absolute Gasteiger partial charge is 0.255 e. The van der Waals surface area contributed by atoms with Gasteiger partial charge in [-0.2, -0.15) is 0 Å². The van der Waals surface area contributed by atoms with Crippen molar-refractivity contribution in [2.75, 3.05) is 6.61 Å². The zero-order valence-electron chi connectivity index (χ0n) is 16.6. The fraction of sp³-hybridized carbons (Fsp3) is 0.478. The molecule has 1 fully saturated rings. The van der Waals surface area contributed by atoms with E-state index in [2.05, 4.69) is 0 Å². The molecule has 1 nitrogen and oxygen atoms in total. The average molecular weight is 412 g/mol. The Labute approximate surface area is 167 Å². The van der Waals surface area contributed by atoms with E-state index in [1.165, 1.54) is 24.3 Å². The maximum absolute atomic E-state index is 14.9. The van der Waals surface area contributed by atoms with E-state index in [0.717, 1.165) is 0 Å². The molecule has 2 aromatic carbocycles. The molecule has 0 amide bonds. The van der Waals surface area contributed by atoms with Gasteiger partial charge in [0.2, 0.25) is 0 Å². The van der Waals surface area contributed by atoms with Crippen LogP contribution in [0.25, 0.3) is 0 Å². The van der Waals surface area contributed by atoms with E-state index >= 15 is 0 Å². The number of alkyl halides is 2. The Bertz CT molecular complexity index is 865. The lowest BCUT2D eigenvalue weighted by Gasteiger charge is -2.36. The second-order valence-electron chi connectivity index (χ2n) is 7.60. The minimum absolute atomic E-state index is 0.0478. The zero-order valence-corrected chi connectivity index (χ0v) is 16.6. The number of aryl methyl sites for hydroxylation is 1. The van der Waals surface area contributed by atoms with E-state index in [1.54, 1.807) is 13.0 Å². The van der Waals surface area contributed by atoms with E-state index in [9.17, 15) is 22.0 Å². The van der Waals surface area contributed by atoms with Crippen LogP contribution in [0.1, 0.15) is 68.1 Å². The van der Waals surface area contributed by atoms with E-state index in [4.69, 9.17) is 4.74 Å². The van der Waals surface area contributed by atoms with Gasteiger partial charge in [-0.05, 0) is 54.9 Å². The Hall–Kier alpha value is -2.11. The van der Waals surface area contributed by atoms with Gasteiger partial charge < -0.3 is 4.74 Å². The van der Waals surface area contributed by atoms with Gasteiger partial charge in [0.25, 0.3) is 5.92 Å². The molecule has 0 heterocycles. The van der Waals surface area contributed by atoms with Crippen molar-refractivity contribution in [2.24, 2.45) is 0 Å². The van der Waals surface area contributed by atoms with Crippen molar-refractivity contribution < 1.29 is 26.7 Å². The van der Waals surface area contributed by atoms with Crippen LogP contribution in [-0.4, -0.2) is 12.5 Å². The summed E-state index contributed by atoms with van der Waals surface area (Å²) in [6, 6.07) is 6.91. The van der Waals surface area contributed by atoms with Crippen LogP contribution in [0.15, 0.2) is 30.3 Å². The summed E-state index contributed by atoms with van der Waals surface area (Å²) in [7, 11) is 0. The molecule has 158 valence electrons. The van der Waals surface area contributed by atoms with Gasteiger partial charge in [-0.25, -0.2) is 22.0 Å². The summed E-state index contributed by atoms with van der Waals surface area (Å²) >= 11 is 0. The normalized spacial score (nSPS) is 21.2. The van der Waals surface area contributed by atoms with E-state index < -0.39 is 41.6 Å². The molecular formula is C23H25F5O. The molecule has 1 saturated carbocycles. The molecule has 6 heteroatoms. The summed E-state index contributed by atoms with van der Waals surface area (Å²) in [5.74, 6) is -7.85. The number of hydrogen-bond acceptors (Lipinski definition) is 1. The Kier molecular flexibility index (Phi) is 6.49. The third-order valence-electron chi connectivity index (χ3n) is 5.64. The molecule has 3 rings (SSSR count). The van der Waals surface area contributed by atoms with Gasteiger partial charge in [0.1, 0.15) is 11.6 Å². The molecule has 2 unspecified atom stereocenters. The largest absolute Gasteiger partial charge is 0.494 e. The summed E-state index contributed by atoms with van der Waals surface area (Å²) in [6.45, 7) is 3.98. The molecule has 29 heavy (non-hydrogen) atoms. The van der Waals surface area contributed by atoms with Crippen molar-refractivity contribution in [3.05, 3.63) is 64.5 Å². The first-order valence-corrected chi connectivity index (χ1v) is 10.0. The van der Waals surface area contributed by atoms with Crippen LogP contribution >= 0.6 is 0 Å². The standard InChI is InChI=1S/C23H25F5O/c1-3-5-14-6-9-18(22(26)21(14)25)19-11-7-15(13-23(19,27)28)17-10-8-16(29-4-2)12-20(17)24/h6,8-10,12,15,19H,3-5,7,11,13H2,1-2H3. The molecule has 0 saturated heterocycles. The highest BCUT2D eigenvalue weighted by atomic mass is 19.3. The minimum atomic E-state index is -3.27. The molecule has 1 aliphatic carbocycles. The van der Waals surface area contributed by atoms with Crippen molar-refractivity contribution in [3.8, 4) is 5.75 Å². The van der Waals surface area contributed by atoms with Crippen LogP contribution in [-0.2, 0) is 6.42 Å². The van der Waals surface area contributed by atoms with E-state index in [1.807, 2.05) is 6.92 Å². The lowest BCUT2D eigenvalue weighted by molar-refractivity contribution is -0.0628. The van der Waals surface area contributed by atoms with Gasteiger partial charge >= 0.3 is 0 Å². The first kappa shape index (κ1) is 21.6. The molecule has 0 N–H and O–H groups in total. The van der Waals surface area contributed by atoms with Gasteiger partial charge in [0.15, 0.2) is 11.6 Å². The Morgan fingerprint density at radius 3 is 2.31 bits per heavy atom. The van der Waals surface area contributed by atoms with Gasteiger partial charge in [-0.3, -0.25) is 0 Å². The summed E-state index contributed by atoms with van der Waals surface area (Å²) in [5.41, 5.74) is 0.108. The predicted octanol–water partition coefficient (Wildman–Crippen LogP) is 7.14. The highest BCUT2D eigenvalue weighted by Gasteiger charge is 2.47. The molecule has 0 aliphatic heterocycles. The van der Waals surface area contributed by atoms with Crippen molar-refractivity contribution in [3.63, 3.8) is 0 Å². The molecule has 0 aromatic heterocycles. The van der Waals surface area contributed by atoms with Crippen molar-refractivity contribution in [2.45, 2.75) is 63.7 Å². The third-order valence-corrected chi connectivity index (χ3v) is 5.64. The third kappa shape index (κ3) is 4.41. The SMILES string of the molecule is CCCc1ccc(C2CCC(c3ccc(OCC)cc3F)CC2(F)F)c(F)c1F. The summed E-state index contributed by atoms with van der Waals surface area (Å²) in [5, 5.41) is 0. The fourth-order valence-electron chi connectivity index (χ4n) is 4.23. The highest BCUT2D eigenvalue weighted by molar-refractivity contribution is 5.34. The number of halogens is 5. The lowest BCUT2D eigenvalue weighted by atomic mass is 9.73. The monoisotopic (exact) mass is 412 g/mol. The molecular weight excluding hydrogens is 387 g/mol. The maximum Gasteiger partial charge on any atom is 0.255 e. The second-order valence-corrected chi connectivity index (χ2v) is 7.60. The topological polar surface area (TPSA) is 9.23 Å². The van der Waals surface area contributed by atoms with Crippen LogP contribution in [0.4, 0.5) is 22.0 Å². The lowest BCUT2D eigenvalue weighted by Crippen LogP contribution is -2.34.